The Kier molecular flexibility index (Phi) is 5.72. The largest absolute Gasteiger partial charge is 0.487 e. The Balaban J connectivity index is 2.21. The van der Waals surface area contributed by atoms with Gasteiger partial charge in [0.2, 0.25) is 5.91 Å². The van der Waals surface area contributed by atoms with Crippen LogP contribution in [0, 0.1) is 0 Å². The molecule has 5 heteroatoms. The van der Waals surface area contributed by atoms with Crippen LogP contribution in [-0.2, 0) is 11.4 Å². The van der Waals surface area contributed by atoms with E-state index in [0.29, 0.717) is 23.6 Å². The molecule has 114 valence electrons. The molecule has 0 saturated heterocycles. The lowest BCUT2D eigenvalue weighted by molar-refractivity contribution is -0.114. The number of anilines is 1. The highest BCUT2D eigenvalue weighted by molar-refractivity contribution is 9.09. The maximum atomic E-state index is 11.7. The lowest BCUT2D eigenvalue weighted by atomic mass is 10.1. The second kappa shape index (κ2) is 7.75. The molecular weight excluding hydrogens is 346 g/mol. The third-order valence-corrected chi connectivity index (χ3v) is 3.48. The molecular formula is C17H16BrNO3. The molecule has 2 aromatic carbocycles. The van der Waals surface area contributed by atoms with Crippen LogP contribution in [0.15, 0.2) is 48.5 Å². The van der Waals surface area contributed by atoms with Crippen molar-refractivity contribution in [2.45, 2.75) is 13.5 Å². The van der Waals surface area contributed by atoms with E-state index in [1.165, 1.54) is 6.92 Å². The van der Waals surface area contributed by atoms with Crippen LogP contribution in [0.3, 0.4) is 0 Å². The first-order valence-electron chi connectivity index (χ1n) is 6.77. The van der Waals surface area contributed by atoms with Crippen molar-refractivity contribution in [3.8, 4) is 5.75 Å². The molecule has 0 heterocycles. The predicted molar refractivity (Wildman–Crippen MR) is 89.6 cm³/mol. The van der Waals surface area contributed by atoms with E-state index >= 15 is 0 Å². The molecule has 1 amide bonds. The van der Waals surface area contributed by atoms with E-state index in [1.807, 2.05) is 30.3 Å². The molecule has 0 spiro atoms. The Bertz CT molecular complexity index is 671. The average Bonchev–Trinajstić information content (AvgIpc) is 2.53. The van der Waals surface area contributed by atoms with Crippen molar-refractivity contribution in [2.75, 3.05) is 10.6 Å². The fraction of sp³-hybridized carbons (Fsp3) is 0.176. The van der Waals surface area contributed by atoms with E-state index in [0.717, 1.165) is 5.56 Å². The molecule has 0 aliphatic carbocycles. The molecule has 0 unspecified atom stereocenters. The topological polar surface area (TPSA) is 55.4 Å². The van der Waals surface area contributed by atoms with Gasteiger partial charge in [0.15, 0.2) is 5.78 Å². The molecule has 22 heavy (non-hydrogen) atoms. The quantitative estimate of drug-likeness (QED) is 0.628. The number of benzene rings is 2. The van der Waals surface area contributed by atoms with E-state index < -0.39 is 0 Å². The van der Waals surface area contributed by atoms with Crippen molar-refractivity contribution in [1.29, 1.82) is 0 Å². The minimum Gasteiger partial charge on any atom is -0.487 e. The molecule has 0 fully saturated rings. The van der Waals surface area contributed by atoms with Crippen molar-refractivity contribution in [1.82, 2.24) is 0 Å². The Hall–Kier alpha value is -2.14. The van der Waals surface area contributed by atoms with E-state index in [9.17, 15) is 9.59 Å². The molecule has 0 aromatic heterocycles. The third-order valence-electron chi connectivity index (χ3n) is 2.97. The molecule has 0 aliphatic rings. The summed E-state index contributed by atoms with van der Waals surface area (Å²) in [6, 6.07) is 14.7. The molecule has 0 bridgehead atoms. The van der Waals surface area contributed by atoms with Crippen LogP contribution in [0.4, 0.5) is 5.69 Å². The number of rotatable bonds is 6. The van der Waals surface area contributed by atoms with E-state index in [1.54, 1.807) is 18.2 Å². The van der Waals surface area contributed by atoms with Gasteiger partial charge in [0.1, 0.15) is 12.4 Å². The summed E-state index contributed by atoms with van der Waals surface area (Å²) in [5, 5.41) is 2.93. The van der Waals surface area contributed by atoms with Gasteiger partial charge in [-0.1, -0.05) is 46.3 Å². The highest BCUT2D eigenvalue weighted by Gasteiger charge is 2.11. The van der Waals surface area contributed by atoms with Gasteiger partial charge in [-0.15, -0.1) is 0 Å². The number of hydrogen-bond donors (Lipinski definition) is 1. The fourth-order valence-electron chi connectivity index (χ4n) is 1.93. The first-order chi connectivity index (χ1) is 10.6. The predicted octanol–water partition coefficient (Wildman–Crippen LogP) is 3.80. The highest BCUT2D eigenvalue weighted by atomic mass is 79.9. The second-order valence-corrected chi connectivity index (χ2v) is 5.28. The van der Waals surface area contributed by atoms with Crippen molar-refractivity contribution < 1.29 is 14.3 Å². The number of carbonyl (C=O) groups is 2. The van der Waals surface area contributed by atoms with E-state index in [-0.39, 0.29) is 17.0 Å². The van der Waals surface area contributed by atoms with Gasteiger partial charge >= 0.3 is 0 Å². The van der Waals surface area contributed by atoms with Gasteiger partial charge in [0.05, 0.1) is 11.0 Å². The molecule has 2 rings (SSSR count). The van der Waals surface area contributed by atoms with E-state index in [4.69, 9.17) is 4.74 Å². The molecule has 0 aliphatic heterocycles. The minimum absolute atomic E-state index is 0.0544. The lowest BCUT2D eigenvalue weighted by Crippen LogP contribution is -2.10. The average molecular weight is 362 g/mol. The molecule has 0 radical (unpaired) electrons. The zero-order chi connectivity index (χ0) is 15.9. The molecule has 0 atom stereocenters. The zero-order valence-electron chi connectivity index (χ0n) is 12.1. The van der Waals surface area contributed by atoms with Gasteiger partial charge in [0.25, 0.3) is 0 Å². The van der Waals surface area contributed by atoms with Gasteiger partial charge in [-0.2, -0.15) is 0 Å². The Morgan fingerprint density at radius 2 is 1.86 bits per heavy atom. The first-order valence-corrected chi connectivity index (χ1v) is 7.90. The summed E-state index contributed by atoms with van der Waals surface area (Å²) in [6.07, 6.45) is 0. The smallest absolute Gasteiger partial charge is 0.221 e. The standard InChI is InChI=1S/C17H16BrNO3/c1-12(20)19-15-9-14(16(21)10-18)7-8-17(15)22-11-13-5-3-2-4-6-13/h2-9H,10-11H2,1H3,(H,19,20). The second-order valence-electron chi connectivity index (χ2n) is 4.72. The van der Waals surface area contributed by atoms with E-state index in [2.05, 4.69) is 21.2 Å². The third kappa shape index (κ3) is 4.43. The number of hydrogen-bond acceptors (Lipinski definition) is 3. The number of amides is 1. The van der Waals surface area contributed by atoms with Gasteiger partial charge in [-0.05, 0) is 23.8 Å². The maximum Gasteiger partial charge on any atom is 0.221 e. The van der Waals surface area contributed by atoms with Crippen LogP contribution >= 0.6 is 15.9 Å². The Morgan fingerprint density at radius 3 is 2.50 bits per heavy atom. The summed E-state index contributed by atoms with van der Waals surface area (Å²) >= 11 is 3.14. The Morgan fingerprint density at radius 1 is 1.14 bits per heavy atom. The van der Waals surface area contributed by atoms with Crippen LogP contribution in [0.1, 0.15) is 22.8 Å². The first kappa shape index (κ1) is 16.2. The number of ether oxygens (including phenoxy) is 1. The number of alkyl halides is 1. The zero-order valence-corrected chi connectivity index (χ0v) is 13.7. The minimum atomic E-state index is -0.215. The van der Waals surface area contributed by atoms with Crippen molar-refractivity contribution in [3.63, 3.8) is 0 Å². The van der Waals surface area contributed by atoms with Crippen LogP contribution in [0.2, 0.25) is 0 Å². The van der Waals surface area contributed by atoms with Crippen LogP contribution in [-0.4, -0.2) is 17.0 Å². The summed E-state index contributed by atoms with van der Waals surface area (Å²) < 4.78 is 5.75. The molecule has 4 nitrogen and oxygen atoms in total. The summed E-state index contributed by atoms with van der Waals surface area (Å²) in [6.45, 7) is 1.80. The SMILES string of the molecule is CC(=O)Nc1cc(C(=O)CBr)ccc1OCc1ccccc1. The van der Waals surface area contributed by atoms with Crippen molar-refractivity contribution in [2.24, 2.45) is 0 Å². The van der Waals surface area contributed by atoms with Crippen molar-refractivity contribution in [3.05, 3.63) is 59.7 Å². The summed E-state index contributed by atoms with van der Waals surface area (Å²) in [7, 11) is 0. The summed E-state index contributed by atoms with van der Waals surface area (Å²) in [5.41, 5.74) is 2.04. The number of nitrogens with one attached hydrogen (secondary N) is 1. The normalized spacial score (nSPS) is 10.1. The Labute approximate surface area is 137 Å². The van der Waals surface area contributed by atoms with Gasteiger partial charge < -0.3 is 10.1 Å². The summed E-state index contributed by atoms with van der Waals surface area (Å²) in [4.78, 5) is 23.1. The maximum absolute atomic E-state index is 11.7. The molecule has 2 aromatic rings. The lowest BCUT2D eigenvalue weighted by Gasteiger charge is -2.13. The van der Waals surface area contributed by atoms with Gasteiger partial charge in [-0.25, -0.2) is 0 Å². The van der Waals surface area contributed by atoms with Crippen LogP contribution < -0.4 is 10.1 Å². The van der Waals surface area contributed by atoms with Gasteiger partial charge in [0, 0.05) is 12.5 Å². The highest BCUT2D eigenvalue weighted by Crippen LogP contribution is 2.27. The van der Waals surface area contributed by atoms with Crippen LogP contribution in [0.25, 0.3) is 0 Å². The van der Waals surface area contributed by atoms with Crippen molar-refractivity contribution >= 4 is 33.3 Å². The number of ketones is 1. The number of Topliss-reactive ketones (excluding diaryl/α,β-unsaturated/α-hetero) is 1. The molecule has 1 N–H and O–H groups in total. The number of halogens is 1. The monoisotopic (exact) mass is 361 g/mol. The van der Waals surface area contributed by atoms with Crippen LogP contribution in [0.5, 0.6) is 5.75 Å². The summed E-state index contributed by atoms with van der Waals surface area (Å²) in [5.74, 6) is 0.263. The van der Waals surface area contributed by atoms with Gasteiger partial charge in [-0.3, -0.25) is 9.59 Å². The molecule has 0 saturated carbocycles. The number of carbonyl (C=O) groups excluding carboxylic acids is 2. The fourth-order valence-corrected chi connectivity index (χ4v) is 2.25.